The minimum atomic E-state index is 0.882. The fourth-order valence-corrected chi connectivity index (χ4v) is 1.95. The second-order valence-electron chi connectivity index (χ2n) is 5.63. The Morgan fingerprint density at radius 3 is 2.07 bits per heavy atom. The zero-order valence-corrected chi connectivity index (χ0v) is 11.6. The minimum absolute atomic E-state index is 0.882. The van der Waals surface area contributed by atoms with Crippen molar-refractivity contribution in [2.75, 3.05) is 0 Å². The van der Waals surface area contributed by atoms with Gasteiger partial charge in [-0.1, -0.05) is 73.1 Å². The van der Waals surface area contributed by atoms with Crippen molar-refractivity contribution in [1.82, 2.24) is 0 Å². The van der Waals surface area contributed by atoms with Crippen LogP contribution in [0, 0.1) is 17.8 Å². The van der Waals surface area contributed by atoms with Crippen molar-refractivity contribution in [3.8, 4) is 0 Å². The summed E-state index contributed by atoms with van der Waals surface area (Å²) in [6, 6.07) is 0. The van der Waals surface area contributed by atoms with E-state index in [-0.39, 0.29) is 0 Å². The van der Waals surface area contributed by atoms with E-state index in [1.54, 1.807) is 5.92 Å². The molecule has 0 aliphatic rings. The van der Waals surface area contributed by atoms with Crippen LogP contribution >= 0.6 is 0 Å². The SMILES string of the molecule is CC[C](C)CCCC(C)CCCC(C)C. The maximum absolute atomic E-state index is 2.42. The third-order valence-electron chi connectivity index (χ3n) is 3.38. The number of hydrogen-bond donors (Lipinski definition) is 0. The molecule has 1 atom stereocenters. The third kappa shape index (κ3) is 10.3. The van der Waals surface area contributed by atoms with E-state index in [1.165, 1.54) is 44.9 Å². The van der Waals surface area contributed by atoms with E-state index >= 15 is 0 Å². The first-order valence-corrected chi connectivity index (χ1v) is 6.87. The summed E-state index contributed by atoms with van der Waals surface area (Å²) in [5.41, 5.74) is 0. The second kappa shape index (κ2) is 9.24. The van der Waals surface area contributed by atoms with Gasteiger partial charge in [0.15, 0.2) is 0 Å². The average molecular weight is 211 g/mol. The van der Waals surface area contributed by atoms with Crippen LogP contribution < -0.4 is 0 Å². The molecule has 0 aromatic carbocycles. The predicted molar refractivity (Wildman–Crippen MR) is 70.9 cm³/mol. The lowest BCUT2D eigenvalue weighted by molar-refractivity contribution is 0.423. The molecule has 0 spiro atoms. The Kier molecular flexibility index (Phi) is 9.24. The minimum Gasteiger partial charge on any atom is -0.0648 e. The van der Waals surface area contributed by atoms with E-state index in [2.05, 4.69) is 34.6 Å². The molecule has 0 fully saturated rings. The summed E-state index contributed by atoms with van der Waals surface area (Å²) >= 11 is 0. The highest BCUT2D eigenvalue weighted by Gasteiger charge is 2.05. The van der Waals surface area contributed by atoms with Crippen molar-refractivity contribution in [2.45, 2.75) is 79.6 Å². The molecule has 1 unspecified atom stereocenters. The van der Waals surface area contributed by atoms with Gasteiger partial charge in [0, 0.05) is 0 Å². The van der Waals surface area contributed by atoms with Gasteiger partial charge in [0.05, 0.1) is 0 Å². The fraction of sp³-hybridized carbons (Fsp3) is 0.933. The highest BCUT2D eigenvalue weighted by Crippen LogP contribution is 2.20. The standard InChI is InChI=1S/C15H31/c1-6-14(4)10-8-12-15(5)11-7-9-13(2)3/h13,15H,6-12H2,1-5H3. The van der Waals surface area contributed by atoms with Gasteiger partial charge in [-0.05, 0) is 24.2 Å². The van der Waals surface area contributed by atoms with Gasteiger partial charge < -0.3 is 0 Å². The first-order chi connectivity index (χ1) is 7.06. The summed E-state index contributed by atoms with van der Waals surface area (Å²) in [6.45, 7) is 11.6. The molecule has 15 heavy (non-hydrogen) atoms. The predicted octanol–water partition coefficient (Wildman–Crippen LogP) is 5.62. The number of hydrogen-bond acceptors (Lipinski definition) is 0. The van der Waals surface area contributed by atoms with Crippen molar-refractivity contribution in [3.63, 3.8) is 0 Å². The van der Waals surface area contributed by atoms with Crippen LogP contribution in [0.5, 0.6) is 0 Å². The van der Waals surface area contributed by atoms with Crippen molar-refractivity contribution in [1.29, 1.82) is 0 Å². The van der Waals surface area contributed by atoms with Crippen molar-refractivity contribution >= 4 is 0 Å². The van der Waals surface area contributed by atoms with Crippen LogP contribution in [0.2, 0.25) is 0 Å². The van der Waals surface area contributed by atoms with Crippen molar-refractivity contribution < 1.29 is 0 Å². The summed E-state index contributed by atoms with van der Waals surface area (Å²) in [5.74, 6) is 3.49. The van der Waals surface area contributed by atoms with Crippen molar-refractivity contribution in [3.05, 3.63) is 5.92 Å². The summed E-state index contributed by atoms with van der Waals surface area (Å²) < 4.78 is 0. The summed E-state index contributed by atoms with van der Waals surface area (Å²) in [6.07, 6.45) is 9.72. The molecule has 1 radical (unpaired) electrons. The summed E-state index contributed by atoms with van der Waals surface area (Å²) in [4.78, 5) is 0. The molecule has 0 nitrogen and oxygen atoms in total. The van der Waals surface area contributed by atoms with Gasteiger partial charge in [-0.25, -0.2) is 0 Å². The second-order valence-corrected chi connectivity index (χ2v) is 5.63. The van der Waals surface area contributed by atoms with Crippen LogP contribution in [0.25, 0.3) is 0 Å². The lowest BCUT2D eigenvalue weighted by Crippen LogP contribution is -1.98. The van der Waals surface area contributed by atoms with Crippen LogP contribution in [-0.4, -0.2) is 0 Å². The molecule has 0 N–H and O–H groups in total. The van der Waals surface area contributed by atoms with Crippen LogP contribution in [0.4, 0.5) is 0 Å². The lowest BCUT2D eigenvalue weighted by Gasteiger charge is -2.13. The maximum Gasteiger partial charge on any atom is -0.0275 e. The van der Waals surface area contributed by atoms with Gasteiger partial charge in [0.1, 0.15) is 0 Å². The summed E-state index contributed by atoms with van der Waals surface area (Å²) in [7, 11) is 0. The van der Waals surface area contributed by atoms with Crippen LogP contribution in [-0.2, 0) is 0 Å². The van der Waals surface area contributed by atoms with E-state index < -0.39 is 0 Å². The molecule has 0 aromatic rings. The molecule has 91 valence electrons. The Bertz CT molecular complexity index is 126. The van der Waals surface area contributed by atoms with Gasteiger partial charge in [-0.2, -0.15) is 0 Å². The van der Waals surface area contributed by atoms with Gasteiger partial charge in [-0.3, -0.25) is 0 Å². The Labute approximate surface area is 97.8 Å². The first kappa shape index (κ1) is 15.0. The molecule has 0 aliphatic carbocycles. The van der Waals surface area contributed by atoms with Crippen molar-refractivity contribution in [2.24, 2.45) is 11.8 Å². The normalized spacial score (nSPS) is 13.8. The first-order valence-electron chi connectivity index (χ1n) is 6.87. The molecule has 0 aliphatic heterocycles. The molecular formula is C15H31. The molecule has 0 amide bonds. The Morgan fingerprint density at radius 1 is 0.933 bits per heavy atom. The summed E-state index contributed by atoms with van der Waals surface area (Å²) in [5, 5.41) is 0. The average Bonchev–Trinajstić information content (AvgIpc) is 2.17. The quantitative estimate of drug-likeness (QED) is 0.464. The largest absolute Gasteiger partial charge is 0.0648 e. The Balaban J connectivity index is 3.29. The molecular weight excluding hydrogens is 180 g/mol. The lowest BCUT2D eigenvalue weighted by atomic mass is 9.93. The zero-order chi connectivity index (χ0) is 11.7. The zero-order valence-electron chi connectivity index (χ0n) is 11.6. The van der Waals surface area contributed by atoms with E-state index in [0.29, 0.717) is 0 Å². The molecule has 0 heterocycles. The number of rotatable bonds is 9. The molecule has 0 saturated carbocycles. The highest BCUT2D eigenvalue weighted by atomic mass is 14.1. The van der Waals surface area contributed by atoms with Crippen LogP contribution in [0.3, 0.4) is 0 Å². The third-order valence-corrected chi connectivity index (χ3v) is 3.38. The van der Waals surface area contributed by atoms with E-state index in [0.717, 1.165) is 11.8 Å². The topological polar surface area (TPSA) is 0 Å². The van der Waals surface area contributed by atoms with Crippen LogP contribution in [0.1, 0.15) is 79.6 Å². The molecule has 0 aromatic heterocycles. The van der Waals surface area contributed by atoms with Crippen LogP contribution in [0.15, 0.2) is 0 Å². The van der Waals surface area contributed by atoms with Gasteiger partial charge in [0.25, 0.3) is 0 Å². The Morgan fingerprint density at radius 2 is 1.53 bits per heavy atom. The molecule has 0 heteroatoms. The van der Waals surface area contributed by atoms with Gasteiger partial charge in [0.2, 0.25) is 0 Å². The fourth-order valence-electron chi connectivity index (χ4n) is 1.95. The molecule has 0 rings (SSSR count). The van der Waals surface area contributed by atoms with Gasteiger partial charge in [-0.15, -0.1) is 0 Å². The van der Waals surface area contributed by atoms with E-state index in [1.807, 2.05) is 0 Å². The van der Waals surface area contributed by atoms with Gasteiger partial charge >= 0.3 is 0 Å². The van der Waals surface area contributed by atoms with E-state index in [4.69, 9.17) is 0 Å². The highest BCUT2D eigenvalue weighted by molar-refractivity contribution is 4.81. The molecule has 0 saturated heterocycles. The van der Waals surface area contributed by atoms with E-state index in [9.17, 15) is 0 Å². The maximum atomic E-state index is 2.42. The Hall–Kier alpha value is 0. The monoisotopic (exact) mass is 211 g/mol. The molecule has 0 bridgehead atoms. The smallest absolute Gasteiger partial charge is 0.0275 e.